The zero-order valence-electron chi connectivity index (χ0n) is 14.6. The number of carbonyl (C=O) groups is 1. The number of hydrogen-bond acceptors (Lipinski definition) is 3. The minimum atomic E-state index is -0.221. The molecule has 6 heteroatoms. The van der Waals surface area contributed by atoms with Crippen molar-refractivity contribution >= 4 is 17.5 Å². The summed E-state index contributed by atoms with van der Waals surface area (Å²) in [5.41, 5.74) is 1.52. The van der Waals surface area contributed by atoms with Gasteiger partial charge in [0.1, 0.15) is 0 Å². The molecule has 1 N–H and O–H groups in total. The van der Waals surface area contributed by atoms with E-state index in [0.717, 1.165) is 13.1 Å². The van der Waals surface area contributed by atoms with Crippen molar-refractivity contribution in [1.29, 1.82) is 0 Å². The largest absolute Gasteiger partial charge is 0.349 e. The molecule has 1 aliphatic rings. The number of nitrogens with one attached hydrogen (secondary N) is 1. The second-order valence-corrected chi connectivity index (χ2v) is 6.99. The van der Waals surface area contributed by atoms with Gasteiger partial charge in [-0.3, -0.25) is 14.4 Å². The Labute approximate surface area is 154 Å². The molecule has 0 radical (unpaired) electrons. The quantitative estimate of drug-likeness (QED) is 0.888. The van der Waals surface area contributed by atoms with E-state index in [1.165, 1.54) is 31.2 Å². The maximum Gasteiger partial charge on any atom is 0.273 e. The van der Waals surface area contributed by atoms with E-state index < -0.39 is 0 Å². The van der Waals surface area contributed by atoms with Crippen molar-refractivity contribution in [3.63, 3.8) is 0 Å². The Kier molecular flexibility index (Phi) is 6.10. The second kappa shape index (κ2) is 8.50. The van der Waals surface area contributed by atoms with Crippen molar-refractivity contribution in [3.8, 4) is 0 Å². The van der Waals surface area contributed by atoms with Crippen LogP contribution in [0.25, 0.3) is 0 Å². The van der Waals surface area contributed by atoms with Crippen molar-refractivity contribution in [2.75, 3.05) is 19.6 Å². The molecule has 0 aliphatic carbocycles. The average molecular weight is 361 g/mol. The Bertz CT molecular complexity index is 693. The number of aromatic nitrogens is 2. The number of carbonyl (C=O) groups excluding carboxylic acids is 1. The third kappa shape index (κ3) is 4.61. The van der Waals surface area contributed by atoms with Gasteiger partial charge in [0.05, 0.1) is 11.1 Å². The van der Waals surface area contributed by atoms with E-state index in [-0.39, 0.29) is 17.6 Å². The van der Waals surface area contributed by atoms with Crippen molar-refractivity contribution < 1.29 is 4.79 Å². The van der Waals surface area contributed by atoms with Crippen LogP contribution in [0.15, 0.2) is 36.5 Å². The van der Waals surface area contributed by atoms with Crippen LogP contribution >= 0.6 is 11.6 Å². The normalized spacial score (nSPS) is 17.0. The first-order valence-electron chi connectivity index (χ1n) is 8.91. The lowest BCUT2D eigenvalue weighted by atomic mass is 10.0. The fraction of sp³-hybridized carbons (Fsp3) is 0.474. The first-order valence-corrected chi connectivity index (χ1v) is 9.29. The van der Waals surface area contributed by atoms with Gasteiger partial charge in [-0.25, -0.2) is 0 Å². The molecule has 3 rings (SSSR count). The van der Waals surface area contributed by atoms with Crippen LogP contribution in [0.1, 0.15) is 47.8 Å². The lowest BCUT2D eigenvalue weighted by molar-refractivity contribution is 0.0927. The molecule has 1 aliphatic heterocycles. The average Bonchev–Trinajstić information content (AvgIpc) is 2.80. The summed E-state index contributed by atoms with van der Waals surface area (Å²) in [5.74, 6) is -0.221. The van der Waals surface area contributed by atoms with E-state index in [0.29, 0.717) is 11.6 Å². The summed E-state index contributed by atoms with van der Waals surface area (Å²) in [4.78, 5) is 15.0. The zero-order chi connectivity index (χ0) is 17.6. The van der Waals surface area contributed by atoms with Gasteiger partial charge >= 0.3 is 0 Å². The molecule has 1 saturated heterocycles. The molecule has 0 spiro atoms. The van der Waals surface area contributed by atoms with Gasteiger partial charge in [-0.05, 0) is 31.5 Å². The van der Waals surface area contributed by atoms with Crippen molar-refractivity contribution in [2.24, 2.45) is 7.05 Å². The van der Waals surface area contributed by atoms with E-state index >= 15 is 0 Å². The third-order valence-electron chi connectivity index (χ3n) is 4.72. The first-order chi connectivity index (χ1) is 12.1. The molecule has 1 amide bonds. The summed E-state index contributed by atoms with van der Waals surface area (Å²) >= 11 is 6.09. The molecule has 1 aromatic heterocycles. The van der Waals surface area contributed by atoms with Crippen molar-refractivity contribution in [3.05, 3.63) is 52.8 Å². The number of halogens is 1. The van der Waals surface area contributed by atoms with Gasteiger partial charge in [-0.2, -0.15) is 5.10 Å². The minimum Gasteiger partial charge on any atom is -0.349 e. The molecule has 5 nitrogen and oxygen atoms in total. The zero-order valence-corrected chi connectivity index (χ0v) is 15.4. The van der Waals surface area contributed by atoms with Crippen LogP contribution in [0.4, 0.5) is 0 Å². The third-order valence-corrected chi connectivity index (χ3v) is 5.00. The highest BCUT2D eigenvalue weighted by molar-refractivity contribution is 6.33. The number of aryl methyl sites for hydroxylation is 1. The second-order valence-electron chi connectivity index (χ2n) is 6.59. The highest BCUT2D eigenvalue weighted by Gasteiger charge is 2.23. The molecule has 1 atom stereocenters. The Morgan fingerprint density at radius 1 is 1.20 bits per heavy atom. The monoisotopic (exact) mass is 360 g/mol. The van der Waals surface area contributed by atoms with Gasteiger partial charge < -0.3 is 5.32 Å². The van der Waals surface area contributed by atoms with Gasteiger partial charge in [0.25, 0.3) is 5.91 Å². The van der Waals surface area contributed by atoms with Gasteiger partial charge in [0.2, 0.25) is 0 Å². The summed E-state index contributed by atoms with van der Waals surface area (Å²) in [5, 5.41) is 7.56. The molecule has 0 bridgehead atoms. The molecule has 1 aromatic carbocycles. The molecule has 0 saturated carbocycles. The molecule has 25 heavy (non-hydrogen) atoms. The fourth-order valence-electron chi connectivity index (χ4n) is 3.43. The Morgan fingerprint density at radius 2 is 1.88 bits per heavy atom. The Hall–Kier alpha value is -1.85. The fourth-order valence-corrected chi connectivity index (χ4v) is 3.69. The van der Waals surface area contributed by atoms with Crippen LogP contribution in [0, 0.1) is 0 Å². The van der Waals surface area contributed by atoms with E-state index in [9.17, 15) is 4.79 Å². The lowest BCUT2D eigenvalue weighted by Crippen LogP contribution is -2.38. The number of nitrogens with zero attached hydrogens (tertiary/aromatic N) is 3. The molecular weight excluding hydrogens is 336 g/mol. The van der Waals surface area contributed by atoms with Gasteiger partial charge in [0, 0.05) is 19.8 Å². The summed E-state index contributed by atoms with van der Waals surface area (Å²) in [6.45, 7) is 2.69. The van der Waals surface area contributed by atoms with Gasteiger partial charge in [-0.15, -0.1) is 0 Å². The van der Waals surface area contributed by atoms with Crippen LogP contribution in [-0.4, -0.2) is 40.2 Å². The summed E-state index contributed by atoms with van der Waals surface area (Å²) < 4.78 is 1.56. The first kappa shape index (κ1) is 18.0. The molecule has 1 unspecified atom stereocenters. The van der Waals surface area contributed by atoms with Crippen LogP contribution in [-0.2, 0) is 7.05 Å². The molecule has 134 valence electrons. The molecular formula is C19H25ClN4O. The highest BCUT2D eigenvalue weighted by Crippen LogP contribution is 2.24. The number of rotatable bonds is 5. The van der Waals surface area contributed by atoms with E-state index in [4.69, 9.17) is 11.6 Å². The van der Waals surface area contributed by atoms with Crippen LogP contribution in [0.2, 0.25) is 5.02 Å². The maximum absolute atomic E-state index is 12.5. The van der Waals surface area contributed by atoms with Crippen LogP contribution in [0.3, 0.4) is 0 Å². The van der Waals surface area contributed by atoms with Crippen molar-refractivity contribution in [1.82, 2.24) is 20.0 Å². The highest BCUT2D eigenvalue weighted by atomic mass is 35.5. The number of benzene rings is 1. The number of amides is 1. The van der Waals surface area contributed by atoms with Crippen LogP contribution < -0.4 is 5.32 Å². The van der Waals surface area contributed by atoms with Gasteiger partial charge in [-0.1, -0.05) is 54.8 Å². The lowest BCUT2D eigenvalue weighted by Gasteiger charge is -2.31. The smallest absolute Gasteiger partial charge is 0.273 e. The van der Waals surface area contributed by atoms with E-state index in [1.54, 1.807) is 17.9 Å². The number of likely N-dealkylation sites (tertiary alicyclic amines) is 1. The molecule has 2 heterocycles. The standard InChI is InChI=1S/C19H25ClN4O/c1-23-14-16(20)18(22-23)19(25)21-13-17(15-9-5-4-6-10-15)24-11-7-2-3-8-12-24/h4-6,9-10,14,17H,2-3,7-8,11-13H2,1H3,(H,21,25). The Morgan fingerprint density at radius 3 is 2.48 bits per heavy atom. The number of hydrogen-bond donors (Lipinski definition) is 1. The topological polar surface area (TPSA) is 50.2 Å². The van der Waals surface area contributed by atoms with Gasteiger partial charge in [0.15, 0.2) is 5.69 Å². The van der Waals surface area contributed by atoms with E-state index in [1.807, 2.05) is 6.07 Å². The SMILES string of the molecule is Cn1cc(Cl)c(C(=O)NCC(c2ccccc2)N2CCCCCC2)n1. The summed E-state index contributed by atoms with van der Waals surface area (Å²) in [6, 6.07) is 10.6. The Balaban J connectivity index is 1.73. The van der Waals surface area contributed by atoms with E-state index in [2.05, 4.69) is 39.6 Å². The molecule has 2 aromatic rings. The predicted octanol–water partition coefficient (Wildman–Crippen LogP) is 3.42. The predicted molar refractivity (Wildman–Crippen MR) is 99.8 cm³/mol. The maximum atomic E-state index is 12.5. The van der Waals surface area contributed by atoms with Crippen LogP contribution in [0.5, 0.6) is 0 Å². The van der Waals surface area contributed by atoms with Crippen molar-refractivity contribution in [2.45, 2.75) is 31.7 Å². The summed E-state index contributed by atoms with van der Waals surface area (Å²) in [6.07, 6.45) is 6.63. The summed E-state index contributed by atoms with van der Waals surface area (Å²) in [7, 11) is 1.76. The molecule has 1 fully saturated rings. The minimum absolute atomic E-state index is 0.172.